The zero-order valence-electron chi connectivity index (χ0n) is 15.9. The molecule has 1 unspecified atom stereocenters. The highest BCUT2D eigenvalue weighted by Crippen LogP contribution is 2.51. The number of aromatic nitrogens is 2. The Labute approximate surface area is 155 Å². The fraction of sp³-hybridized carbons (Fsp3) is 0.700. The Morgan fingerprint density at radius 1 is 1.31 bits per heavy atom. The van der Waals surface area contributed by atoms with E-state index in [0.29, 0.717) is 29.5 Å². The maximum absolute atomic E-state index is 12.5. The van der Waals surface area contributed by atoms with Crippen molar-refractivity contribution in [3.8, 4) is 6.07 Å². The molecule has 0 N–H and O–H groups in total. The smallest absolute Gasteiger partial charge is 0.225 e. The van der Waals surface area contributed by atoms with Crippen molar-refractivity contribution < 1.29 is 4.79 Å². The van der Waals surface area contributed by atoms with Gasteiger partial charge in [0.2, 0.25) is 5.91 Å². The molecular weight excluding hydrogens is 326 g/mol. The minimum absolute atomic E-state index is 0.274. The Balaban J connectivity index is 1.44. The van der Waals surface area contributed by atoms with Crippen molar-refractivity contribution in [2.45, 2.75) is 46.1 Å². The number of piperidine rings is 1. The quantitative estimate of drug-likeness (QED) is 0.834. The number of anilines is 1. The molecular formula is C20H27N5O. The van der Waals surface area contributed by atoms with Gasteiger partial charge in [0, 0.05) is 37.0 Å². The van der Waals surface area contributed by atoms with E-state index in [2.05, 4.69) is 40.5 Å². The van der Waals surface area contributed by atoms with Gasteiger partial charge in [0.25, 0.3) is 0 Å². The second kappa shape index (κ2) is 6.22. The first-order chi connectivity index (χ1) is 12.4. The van der Waals surface area contributed by atoms with E-state index in [1.807, 2.05) is 6.07 Å². The number of carbonyl (C=O) groups excluding carboxylic acids is 1. The van der Waals surface area contributed by atoms with E-state index >= 15 is 0 Å². The van der Waals surface area contributed by atoms with Gasteiger partial charge in [-0.1, -0.05) is 20.8 Å². The summed E-state index contributed by atoms with van der Waals surface area (Å²) in [6.45, 7) is 9.44. The fourth-order valence-corrected chi connectivity index (χ4v) is 5.09. The molecule has 3 fully saturated rings. The summed E-state index contributed by atoms with van der Waals surface area (Å²) in [7, 11) is 0. The number of nitrogens with zero attached hydrogens (tertiary/aromatic N) is 5. The molecule has 1 aliphatic carbocycles. The first kappa shape index (κ1) is 17.3. The van der Waals surface area contributed by atoms with Crippen LogP contribution in [-0.2, 0) is 4.79 Å². The molecule has 2 saturated heterocycles. The van der Waals surface area contributed by atoms with Gasteiger partial charge < -0.3 is 9.80 Å². The lowest BCUT2D eigenvalue weighted by Gasteiger charge is -2.62. The van der Waals surface area contributed by atoms with Gasteiger partial charge in [-0.25, -0.2) is 9.97 Å². The number of carbonyl (C=O) groups is 1. The minimum atomic E-state index is 0.274. The van der Waals surface area contributed by atoms with Crippen LogP contribution >= 0.6 is 0 Å². The zero-order valence-corrected chi connectivity index (χ0v) is 15.9. The second-order valence-electron chi connectivity index (χ2n) is 8.70. The van der Waals surface area contributed by atoms with Crippen molar-refractivity contribution in [3.63, 3.8) is 0 Å². The zero-order chi connectivity index (χ0) is 18.5. The van der Waals surface area contributed by atoms with Crippen molar-refractivity contribution in [3.05, 3.63) is 18.1 Å². The van der Waals surface area contributed by atoms with Gasteiger partial charge in [0.15, 0.2) is 5.69 Å². The highest BCUT2D eigenvalue weighted by molar-refractivity contribution is 5.81. The predicted molar refractivity (Wildman–Crippen MR) is 98.2 cm³/mol. The van der Waals surface area contributed by atoms with Crippen molar-refractivity contribution in [2.75, 3.05) is 24.5 Å². The fourth-order valence-electron chi connectivity index (χ4n) is 5.09. The Kier molecular flexibility index (Phi) is 4.13. The van der Waals surface area contributed by atoms with E-state index in [0.717, 1.165) is 44.7 Å². The molecule has 1 saturated carbocycles. The van der Waals surface area contributed by atoms with Gasteiger partial charge in [-0.15, -0.1) is 0 Å². The van der Waals surface area contributed by atoms with E-state index in [4.69, 9.17) is 5.26 Å². The van der Waals surface area contributed by atoms with Crippen LogP contribution in [-0.4, -0.2) is 46.5 Å². The lowest BCUT2D eigenvalue weighted by Crippen LogP contribution is -2.70. The predicted octanol–water partition coefficient (Wildman–Crippen LogP) is 2.46. The van der Waals surface area contributed by atoms with Gasteiger partial charge in [-0.3, -0.25) is 4.79 Å². The SMILES string of the molecule is CC(C)C1N(c2cnc(C#N)cn2)CC12CCN(C(=O)[C@@H]1C[C@H]1C)CC2. The van der Waals surface area contributed by atoms with E-state index in [1.54, 1.807) is 12.4 Å². The molecule has 3 atom stereocenters. The first-order valence-electron chi connectivity index (χ1n) is 9.73. The van der Waals surface area contributed by atoms with E-state index in [-0.39, 0.29) is 11.3 Å². The molecule has 1 amide bonds. The Hall–Kier alpha value is -2.16. The average Bonchev–Trinajstić information content (AvgIpc) is 3.36. The van der Waals surface area contributed by atoms with Crippen LogP contribution < -0.4 is 4.90 Å². The summed E-state index contributed by atoms with van der Waals surface area (Å²) < 4.78 is 0. The van der Waals surface area contributed by atoms with Crippen LogP contribution in [0.2, 0.25) is 0 Å². The van der Waals surface area contributed by atoms with E-state index < -0.39 is 0 Å². The topological polar surface area (TPSA) is 73.1 Å². The van der Waals surface area contributed by atoms with Crippen LogP contribution in [0.3, 0.4) is 0 Å². The van der Waals surface area contributed by atoms with E-state index in [9.17, 15) is 4.79 Å². The maximum Gasteiger partial charge on any atom is 0.225 e. The average molecular weight is 353 g/mol. The number of nitriles is 1. The molecule has 6 nitrogen and oxygen atoms in total. The molecule has 4 rings (SSSR count). The van der Waals surface area contributed by atoms with Gasteiger partial charge in [-0.2, -0.15) is 5.26 Å². The number of rotatable bonds is 3. The van der Waals surface area contributed by atoms with Crippen molar-refractivity contribution >= 4 is 11.7 Å². The number of hydrogen-bond donors (Lipinski definition) is 0. The van der Waals surface area contributed by atoms with Gasteiger partial charge >= 0.3 is 0 Å². The van der Waals surface area contributed by atoms with Gasteiger partial charge in [-0.05, 0) is 31.1 Å². The number of hydrogen-bond acceptors (Lipinski definition) is 5. The summed E-state index contributed by atoms with van der Waals surface area (Å²) in [5.74, 6) is 2.61. The Morgan fingerprint density at radius 2 is 2.00 bits per heavy atom. The maximum atomic E-state index is 12.5. The molecule has 138 valence electrons. The van der Waals surface area contributed by atoms with Crippen LogP contribution in [0.4, 0.5) is 5.82 Å². The molecule has 2 aliphatic heterocycles. The summed E-state index contributed by atoms with van der Waals surface area (Å²) in [5.41, 5.74) is 0.626. The number of likely N-dealkylation sites (tertiary alicyclic amines) is 1. The normalized spacial score (nSPS) is 29.4. The van der Waals surface area contributed by atoms with Gasteiger partial charge in [0.1, 0.15) is 11.9 Å². The molecule has 3 aliphatic rings. The van der Waals surface area contributed by atoms with Gasteiger partial charge in [0.05, 0.1) is 12.4 Å². The van der Waals surface area contributed by atoms with Crippen LogP contribution in [0.1, 0.15) is 45.7 Å². The second-order valence-corrected chi connectivity index (χ2v) is 8.70. The summed E-state index contributed by atoms with van der Waals surface area (Å²) in [6, 6.07) is 2.44. The lowest BCUT2D eigenvalue weighted by molar-refractivity contribution is -0.136. The summed E-state index contributed by atoms with van der Waals surface area (Å²) in [5, 5.41) is 8.91. The van der Waals surface area contributed by atoms with Crippen molar-refractivity contribution in [2.24, 2.45) is 23.2 Å². The standard InChI is InChI=1S/C20H27N5O/c1-13(2)18-20(12-25(18)17-11-22-15(9-21)10-23-17)4-6-24(7-5-20)19(26)16-8-14(16)3/h10-11,13-14,16,18H,4-8,12H2,1-3H3/t14-,16-,18?/m1/s1. The highest BCUT2D eigenvalue weighted by Gasteiger charge is 2.56. The van der Waals surface area contributed by atoms with Crippen molar-refractivity contribution in [1.29, 1.82) is 5.26 Å². The molecule has 0 bridgehead atoms. The van der Waals surface area contributed by atoms with E-state index in [1.165, 1.54) is 0 Å². The third-order valence-electron chi connectivity index (χ3n) is 6.62. The van der Waals surface area contributed by atoms with Crippen LogP contribution in [0.15, 0.2) is 12.4 Å². The third-order valence-corrected chi connectivity index (χ3v) is 6.62. The van der Waals surface area contributed by atoms with Crippen LogP contribution in [0.5, 0.6) is 0 Å². The minimum Gasteiger partial charge on any atom is -0.351 e. The molecule has 26 heavy (non-hydrogen) atoms. The third kappa shape index (κ3) is 2.74. The lowest BCUT2D eigenvalue weighted by atomic mass is 9.62. The molecule has 1 spiro atoms. The summed E-state index contributed by atoms with van der Waals surface area (Å²) >= 11 is 0. The highest BCUT2D eigenvalue weighted by atomic mass is 16.2. The summed E-state index contributed by atoms with van der Waals surface area (Å²) in [6.07, 6.45) is 6.48. The largest absolute Gasteiger partial charge is 0.351 e. The van der Waals surface area contributed by atoms with Crippen molar-refractivity contribution in [1.82, 2.24) is 14.9 Å². The Morgan fingerprint density at radius 3 is 2.50 bits per heavy atom. The Bertz CT molecular complexity index is 730. The van der Waals surface area contributed by atoms with Crippen LogP contribution in [0, 0.1) is 34.5 Å². The molecule has 1 aromatic rings. The van der Waals surface area contributed by atoms with Crippen LogP contribution in [0.25, 0.3) is 0 Å². The molecule has 0 aromatic carbocycles. The molecule has 1 aromatic heterocycles. The molecule has 6 heteroatoms. The number of amides is 1. The monoisotopic (exact) mass is 353 g/mol. The molecule has 0 radical (unpaired) electrons. The summed E-state index contributed by atoms with van der Waals surface area (Å²) in [4.78, 5) is 25.6. The first-order valence-corrected chi connectivity index (χ1v) is 9.73. The molecule has 3 heterocycles.